The molecule has 0 fully saturated rings. The number of aromatic hydroxyl groups is 1. The van der Waals surface area contributed by atoms with Gasteiger partial charge < -0.3 is 9.84 Å². The van der Waals surface area contributed by atoms with Gasteiger partial charge in [0.2, 0.25) is 0 Å². The minimum atomic E-state index is -0.403. The van der Waals surface area contributed by atoms with Gasteiger partial charge in [-0.25, -0.2) is 10.4 Å². The van der Waals surface area contributed by atoms with Crippen LogP contribution in [0, 0.1) is 5.41 Å². The number of phenols is 1. The number of ether oxygens (including phenoxy) is 1. The number of halogens is 1. The first-order chi connectivity index (χ1) is 18.0. The van der Waals surface area contributed by atoms with E-state index in [2.05, 4.69) is 15.5 Å². The number of carbonyl (C=O) groups is 1. The summed E-state index contributed by atoms with van der Waals surface area (Å²) in [6, 6.07) is 28.5. The fourth-order valence-electron chi connectivity index (χ4n) is 3.32. The predicted octanol–water partition coefficient (Wildman–Crippen LogP) is 5.69. The Hall–Kier alpha value is -4.75. The lowest BCUT2D eigenvalue weighted by atomic mass is 10.0. The van der Waals surface area contributed by atoms with Crippen molar-refractivity contribution >= 4 is 35.8 Å². The molecule has 37 heavy (non-hydrogen) atoms. The Balaban J connectivity index is 1.28. The number of carbonyl (C=O) groups excluding carboxylic acids is 1. The van der Waals surface area contributed by atoms with Crippen LogP contribution in [-0.2, 0) is 4.79 Å². The molecule has 7 nitrogen and oxygen atoms in total. The van der Waals surface area contributed by atoms with Crippen LogP contribution >= 0.6 is 11.6 Å². The van der Waals surface area contributed by atoms with Crippen LogP contribution in [0.3, 0.4) is 0 Å². The summed E-state index contributed by atoms with van der Waals surface area (Å²) < 4.78 is 5.48. The second-order valence-electron chi connectivity index (χ2n) is 7.94. The smallest absolute Gasteiger partial charge is 0.277 e. The predicted molar refractivity (Wildman–Crippen MR) is 147 cm³/mol. The summed E-state index contributed by atoms with van der Waals surface area (Å²) in [5, 5.41) is 22.5. The maximum absolute atomic E-state index is 12.0. The Morgan fingerprint density at radius 1 is 0.892 bits per heavy atom. The molecule has 0 aromatic heterocycles. The van der Waals surface area contributed by atoms with E-state index in [9.17, 15) is 9.90 Å². The molecule has 0 bridgehead atoms. The third kappa shape index (κ3) is 7.62. The zero-order valence-corrected chi connectivity index (χ0v) is 20.4. The van der Waals surface area contributed by atoms with Crippen molar-refractivity contribution in [3.05, 3.63) is 119 Å². The van der Waals surface area contributed by atoms with Crippen molar-refractivity contribution in [2.75, 3.05) is 6.61 Å². The van der Waals surface area contributed by atoms with Gasteiger partial charge in [0, 0.05) is 16.8 Å². The quantitative estimate of drug-likeness (QED) is 0.161. The van der Waals surface area contributed by atoms with E-state index in [-0.39, 0.29) is 18.2 Å². The van der Waals surface area contributed by atoms with Crippen LogP contribution in [0.25, 0.3) is 11.1 Å². The summed E-state index contributed by atoms with van der Waals surface area (Å²) in [6.45, 7) is -0.206. The summed E-state index contributed by atoms with van der Waals surface area (Å²) in [5.41, 5.74) is 6.46. The van der Waals surface area contributed by atoms with Gasteiger partial charge in [-0.3, -0.25) is 10.2 Å². The van der Waals surface area contributed by atoms with Crippen molar-refractivity contribution in [3.63, 3.8) is 0 Å². The maximum atomic E-state index is 12.0. The molecular weight excluding hydrogens is 488 g/mol. The highest BCUT2D eigenvalue weighted by Crippen LogP contribution is 2.23. The molecule has 0 saturated heterocycles. The first-order valence-corrected chi connectivity index (χ1v) is 11.7. The molecule has 184 valence electrons. The van der Waals surface area contributed by atoms with E-state index in [4.69, 9.17) is 21.7 Å². The largest absolute Gasteiger partial charge is 0.508 e. The molecule has 0 aliphatic heterocycles. The number of nitrogens with one attached hydrogen (secondary N) is 2. The van der Waals surface area contributed by atoms with E-state index in [1.807, 2.05) is 30.3 Å². The average molecular weight is 511 g/mol. The lowest BCUT2D eigenvalue weighted by Gasteiger charge is -2.06. The zero-order valence-electron chi connectivity index (χ0n) is 19.6. The van der Waals surface area contributed by atoms with Crippen LogP contribution in [0.15, 0.2) is 107 Å². The highest BCUT2D eigenvalue weighted by molar-refractivity contribution is 6.30. The Kier molecular flexibility index (Phi) is 8.41. The molecule has 0 saturated carbocycles. The van der Waals surface area contributed by atoms with Gasteiger partial charge in [-0.2, -0.15) is 5.10 Å². The van der Waals surface area contributed by atoms with Crippen LogP contribution in [-0.4, -0.2) is 35.9 Å². The Morgan fingerprint density at radius 3 is 2.32 bits per heavy atom. The second-order valence-corrected chi connectivity index (χ2v) is 8.38. The fraction of sp³-hybridized carbons (Fsp3) is 0.0345. The Labute approximate surface area is 219 Å². The zero-order chi connectivity index (χ0) is 26.0. The van der Waals surface area contributed by atoms with Crippen LogP contribution in [0.4, 0.5) is 0 Å². The van der Waals surface area contributed by atoms with Crippen molar-refractivity contribution in [1.29, 1.82) is 5.41 Å². The minimum absolute atomic E-state index is 0.0867. The molecular formula is C29H23ClN4O3. The molecule has 3 N–H and O–H groups in total. The molecule has 0 aliphatic carbocycles. The number of aliphatic imine (C=N–C) groups is 1. The van der Waals surface area contributed by atoms with E-state index >= 15 is 0 Å². The lowest BCUT2D eigenvalue weighted by Crippen LogP contribution is -2.24. The summed E-state index contributed by atoms with van der Waals surface area (Å²) in [7, 11) is 0. The van der Waals surface area contributed by atoms with E-state index in [0.29, 0.717) is 16.3 Å². The monoisotopic (exact) mass is 510 g/mol. The van der Waals surface area contributed by atoms with Crippen LogP contribution in [0.5, 0.6) is 11.5 Å². The fourth-order valence-corrected chi connectivity index (χ4v) is 3.44. The Bertz CT molecular complexity index is 1450. The van der Waals surface area contributed by atoms with E-state index in [1.165, 1.54) is 6.21 Å². The molecule has 0 spiro atoms. The highest BCUT2D eigenvalue weighted by Gasteiger charge is 2.04. The average Bonchev–Trinajstić information content (AvgIpc) is 2.92. The number of hydrazone groups is 1. The number of hydrogen-bond donors (Lipinski definition) is 3. The van der Waals surface area contributed by atoms with Crippen molar-refractivity contribution in [2.45, 2.75) is 0 Å². The van der Waals surface area contributed by atoms with E-state index in [0.717, 1.165) is 22.3 Å². The van der Waals surface area contributed by atoms with Gasteiger partial charge in [0.25, 0.3) is 5.91 Å². The molecule has 0 aliphatic rings. The summed E-state index contributed by atoms with van der Waals surface area (Å²) in [5.74, 6) is 0.369. The molecule has 8 heteroatoms. The van der Waals surface area contributed by atoms with Crippen molar-refractivity contribution in [1.82, 2.24) is 5.43 Å². The highest BCUT2D eigenvalue weighted by atomic mass is 35.5. The topological polar surface area (TPSA) is 107 Å². The number of phenolic OH excluding ortho intramolecular Hbond substituents is 1. The molecule has 0 radical (unpaired) electrons. The standard InChI is InChI=1S/C29H23ClN4O3/c30-25-11-7-20(8-12-25)18-33-34-28(36)19-37-27-13-9-22(10-14-27)29(31)32-17-21-3-1-4-23(15-21)24-5-2-6-26(35)16-24/h1-18,31,35H,19H2,(H,34,36)/b31-29?,32-17?,33-18+. The molecule has 0 heterocycles. The van der Waals surface area contributed by atoms with Gasteiger partial charge in [-0.05, 0) is 76.9 Å². The summed E-state index contributed by atoms with van der Waals surface area (Å²) in [4.78, 5) is 16.2. The number of benzene rings is 4. The number of amides is 1. The number of rotatable bonds is 8. The summed E-state index contributed by atoms with van der Waals surface area (Å²) in [6.07, 6.45) is 3.13. The molecule has 0 atom stereocenters. The number of amidine groups is 1. The van der Waals surface area contributed by atoms with Crippen LogP contribution in [0.2, 0.25) is 5.02 Å². The van der Waals surface area contributed by atoms with E-state index < -0.39 is 5.91 Å². The minimum Gasteiger partial charge on any atom is -0.508 e. The van der Waals surface area contributed by atoms with Crippen molar-refractivity contribution < 1.29 is 14.6 Å². The Morgan fingerprint density at radius 2 is 1.59 bits per heavy atom. The molecule has 1 amide bonds. The second kappa shape index (κ2) is 12.3. The van der Waals surface area contributed by atoms with Crippen molar-refractivity contribution in [3.8, 4) is 22.6 Å². The van der Waals surface area contributed by atoms with Gasteiger partial charge in [0.05, 0.1) is 6.21 Å². The normalized spacial score (nSPS) is 11.1. The van der Waals surface area contributed by atoms with Gasteiger partial charge in [0.15, 0.2) is 12.4 Å². The van der Waals surface area contributed by atoms with E-state index in [1.54, 1.807) is 72.9 Å². The number of nitrogens with zero attached hydrogens (tertiary/aromatic N) is 2. The molecule has 4 rings (SSSR count). The molecule has 0 unspecified atom stereocenters. The first kappa shape index (κ1) is 25.3. The molecule has 4 aromatic carbocycles. The third-order valence-corrected chi connectivity index (χ3v) is 5.43. The SMILES string of the molecule is N=C(N=Cc1cccc(-c2cccc(O)c2)c1)c1ccc(OCC(=O)N/N=C/c2ccc(Cl)cc2)cc1. The first-order valence-electron chi connectivity index (χ1n) is 11.3. The number of hydrogen-bond acceptors (Lipinski definition) is 5. The van der Waals surface area contributed by atoms with Crippen molar-refractivity contribution in [2.24, 2.45) is 10.1 Å². The van der Waals surface area contributed by atoms with Crippen LogP contribution < -0.4 is 10.2 Å². The lowest BCUT2D eigenvalue weighted by molar-refractivity contribution is -0.123. The maximum Gasteiger partial charge on any atom is 0.277 e. The van der Waals surface area contributed by atoms with Gasteiger partial charge in [-0.15, -0.1) is 0 Å². The van der Waals surface area contributed by atoms with Gasteiger partial charge in [0.1, 0.15) is 11.5 Å². The van der Waals surface area contributed by atoms with Crippen LogP contribution in [0.1, 0.15) is 16.7 Å². The third-order valence-electron chi connectivity index (χ3n) is 5.18. The molecule has 4 aromatic rings. The van der Waals surface area contributed by atoms with Gasteiger partial charge in [-0.1, -0.05) is 54.1 Å². The van der Waals surface area contributed by atoms with Gasteiger partial charge >= 0.3 is 0 Å². The summed E-state index contributed by atoms with van der Waals surface area (Å²) >= 11 is 5.84.